The average Bonchev–Trinajstić information content (AvgIpc) is 3.24. The number of anilines is 2. The van der Waals surface area contributed by atoms with E-state index in [1.165, 1.54) is 0 Å². The second-order valence-electron chi connectivity index (χ2n) is 5.15. The van der Waals surface area contributed by atoms with Crippen LogP contribution >= 0.6 is 22.9 Å². The van der Waals surface area contributed by atoms with Crippen LogP contribution in [0.2, 0.25) is 5.28 Å². The lowest BCUT2D eigenvalue weighted by Gasteiger charge is -2.08. The summed E-state index contributed by atoms with van der Waals surface area (Å²) in [5.41, 5.74) is 3.70. The smallest absolute Gasteiger partial charge is 0.339 e. The Morgan fingerprint density at radius 1 is 1.17 bits per heavy atom. The molecule has 4 rings (SSSR count). The fourth-order valence-corrected chi connectivity index (χ4v) is 3.41. The minimum atomic E-state index is -0.381. The Bertz CT molecular complexity index is 1020. The predicted octanol–water partition coefficient (Wildman–Crippen LogP) is 4.15. The molecule has 0 amide bonds. The topological polar surface area (TPSA) is 74.0 Å². The van der Waals surface area contributed by atoms with E-state index in [1.54, 1.807) is 17.6 Å². The standard InChI is InChI=1S/C16H9BClN5S/c18-16-22-13-5-6-24-14(13)15(23-16)21-12-3-1-10(2-4-12)11-7-17(9-19)20-8-11/h1-8H,(H,21,22,23). The fourth-order valence-electron chi connectivity index (χ4n) is 2.46. The lowest BCUT2D eigenvalue weighted by atomic mass is 9.66. The second-order valence-corrected chi connectivity index (χ2v) is 6.41. The molecule has 0 aliphatic carbocycles. The molecule has 0 spiro atoms. The van der Waals surface area contributed by atoms with Crippen LogP contribution in [-0.4, -0.2) is 23.0 Å². The molecule has 0 saturated carbocycles. The van der Waals surface area contributed by atoms with Crippen LogP contribution in [0.15, 0.2) is 46.6 Å². The summed E-state index contributed by atoms with van der Waals surface area (Å²) in [6.45, 7) is -0.381. The molecular weight excluding hydrogens is 341 g/mol. The first-order valence-electron chi connectivity index (χ1n) is 7.16. The van der Waals surface area contributed by atoms with E-state index in [1.807, 2.05) is 41.7 Å². The molecule has 5 nitrogen and oxygen atoms in total. The maximum absolute atomic E-state index is 8.89. The van der Waals surface area contributed by atoms with Crippen LogP contribution < -0.4 is 5.32 Å². The van der Waals surface area contributed by atoms with Gasteiger partial charge in [0.15, 0.2) is 5.82 Å². The Morgan fingerprint density at radius 3 is 2.75 bits per heavy atom. The molecule has 3 aromatic rings. The van der Waals surface area contributed by atoms with Crippen molar-refractivity contribution < 1.29 is 0 Å². The maximum atomic E-state index is 8.89. The Hall–Kier alpha value is -2.69. The number of fused-ring (bicyclic) bond motifs is 1. The molecule has 1 aliphatic heterocycles. The van der Waals surface area contributed by atoms with E-state index in [9.17, 15) is 0 Å². The van der Waals surface area contributed by atoms with Gasteiger partial charge in [0, 0.05) is 17.9 Å². The van der Waals surface area contributed by atoms with Gasteiger partial charge in [-0.1, -0.05) is 18.1 Å². The molecule has 1 aromatic carbocycles. The highest BCUT2D eigenvalue weighted by Crippen LogP contribution is 2.30. The third-order valence-corrected chi connectivity index (χ3v) is 4.68. The van der Waals surface area contributed by atoms with Crippen molar-refractivity contribution in [2.75, 3.05) is 5.32 Å². The van der Waals surface area contributed by atoms with E-state index >= 15 is 0 Å². The monoisotopic (exact) mass is 349 g/mol. The first-order chi connectivity index (χ1) is 11.7. The van der Waals surface area contributed by atoms with Gasteiger partial charge in [0.2, 0.25) is 5.28 Å². The van der Waals surface area contributed by atoms with Gasteiger partial charge in [-0.05, 0) is 46.3 Å². The van der Waals surface area contributed by atoms with E-state index in [4.69, 9.17) is 16.9 Å². The molecule has 0 atom stereocenters. The van der Waals surface area contributed by atoms with Gasteiger partial charge in [-0.15, -0.1) is 11.3 Å². The van der Waals surface area contributed by atoms with E-state index in [2.05, 4.69) is 26.2 Å². The molecule has 2 aromatic heterocycles. The number of thiophene rings is 1. The van der Waals surface area contributed by atoms with Gasteiger partial charge in [-0.25, -0.2) is 10.2 Å². The fraction of sp³-hybridized carbons (Fsp3) is 0. The second kappa shape index (κ2) is 6.08. The number of halogens is 1. The summed E-state index contributed by atoms with van der Waals surface area (Å²) in [6, 6.07) is 9.79. The van der Waals surface area contributed by atoms with Crippen LogP contribution in [-0.2, 0) is 0 Å². The number of nitrogens with zero attached hydrogens (tertiary/aromatic N) is 4. The summed E-state index contributed by atoms with van der Waals surface area (Å²) >= 11 is 7.54. The number of nitrogens with one attached hydrogen (secondary N) is 1. The van der Waals surface area contributed by atoms with Crippen molar-refractivity contribution in [3.8, 4) is 5.97 Å². The molecule has 3 heterocycles. The van der Waals surface area contributed by atoms with Gasteiger partial charge in [-0.3, -0.25) is 0 Å². The average molecular weight is 350 g/mol. The van der Waals surface area contributed by atoms with Gasteiger partial charge in [0.25, 0.3) is 0 Å². The number of rotatable bonds is 3. The summed E-state index contributed by atoms with van der Waals surface area (Å²) in [6.07, 6.45) is 1.73. The summed E-state index contributed by atoms with van der Waals surface area (Å²) in [5.74, 6) is 4.66. The van der Waals surface area contributed by atoms with Gasteiger partial charge < -0.3 is 10.2 Å². The van der Waals surface area contributed by atoms with Crippen molar-refractivity contribution in [2.45, 2.75) is 0 Å². The molecule has 114 valence electrons. The highest BCUT2D eigenvalue weighted by molar-refractivity contribution is 7.17. The molecule has 1 N–H and O–H groups in total. The number of hydrogen-bond acceptors (Lipinski definition) is 6. The lowest BCUT2D eigenvalue weighted by molar-refractivity contribution is 1.23. The van der Waals surface area contributed by atoms with Gasteiger partial charge in [0.1, 0.15) is 0 Å². The largest absolute Gasteiger partial charge is 0.422 e. The minimum absolute atomic E-state index is 0.217. The van der Waals surface area contributed by atoms with E-state index in [-0.39, 0.29) is 12.1 Å². The molecule has 1 aliphatic rings. The Labute approximate surface area is 147 Å². The third kappa shape index (κ3) is 2.78. The van der Waals surface area contributed by atoms with Crippen molar-refractivity contribution in [1.82, 2.24) is 9.97 Å². The van der Waals surface area contributed by atoms with Crippen molar-refractivity contribution in [2.24, 2.45) is 4.90 Å². The molecule has 24 heavy (non-hydrogen) atoms. The highest BCUT2D eigenvalue weighted by Gasteiger charge is 2.16. The van der Waals surface area contributed by atoms with E-state index < -0.39 is 0 Å². The first kappa shape index (κ1) is 14.9. The third-order valence-electron chi connectivity index (χ3n) is 3.60. The molecule has 0 saturated heterocycles. The zero-order chi connectivity index (χ0) is 16.5. The van der Waals surface area contributed by atoms with Crippen LogP contribution in [0, 0.1) is 11.2 Å². The Kier molecular flexibility index (Phi) is 3.77. The summed E-state index contributed by atoms with van der Waals surface area (Å²) in [7, 11) is 0. The van der Waals surface area contributed by atoms with Crippen molar-refractivity contribution in [1.29, 1.82) is 5.26 Å². The SMILES string of the molecule is N#CB1C=C(c2ccc(Nc3nc(Cl)nc4ccsc34)cc2)C=N1. The van der Waals surface area contributed by atoms with Crippen LogP contribution in [0.3, 0.4) is 0 Å². The Morgan fingerprint density at radius 2 is 2.00 bits per heavy atom. The van der Waals surface area contributed by atoms with Crippen molar-refractivity contribution >= 4 is 63.3 Å². The summed E-state index contributed by atoms with van der Waals surface area (Å²) < 4.78 is 0.964. The zero-order valence-corrected chi connectivity index (χ0v) is 13.8. The molecular formula is C16H9BClN5S. The van der Waals surface area contributed by atoms with E-state index in [0.29, 0.717) is 5.82 Å². The molecule has 0 unspecified atom stereocenters. The number of nitriles is 1. The van der Waals surface area contributed by atoms with Crippen LogP contribution in [0.4, 0.5) is 11.5 Å². The number of allylic oxidation sites excluding steroid dienone is 1. The van der Waals surface area contributed by atoms with Gasteiger partial charge in [-0.2, -0.15) is 4.98 Å². The van der Waals surface area contributed by atoms with Crippen LogP contribution in [0.25, 0.3) is 15.8 Å². The van der Waals surface area contributed by atoms with E-state index in [0.717, 1.165) is 27.0 Å². The Balaban J connectivity index is 1.61. The molecule has 0 radical (unpaired) electrons. The molecule has 0 fully saturated rings. The first-order valence-corrected chi connectivity index (χ1v) is 8.41. The van der Waals surface area contributed by atoms with Crippen LogP contribution in [0.5, 0.6) is 0 Å². The lowest BCUT2D eigenvalue weighted by Crippen LogP contribution is -1.97. The number of hydrogen-bond donors (Lipinski definition) is 1. The molecule has 8 heteroatoms. The molecule has 0 bridgehead atoms. The van der Waals surface area contributed by atoms with Gasteiger partial charge in [0.05, 0.1) is 10.2 Å². The van der Waals surface area contributed by atoms with Crippen molar-refractivity contribution in [3.05, 3.63) is 52.5 Å². The summed E-state index contributed by atoms with van der Waals surface area (Å²) in [4.78, 5) is 12.6. The van der Waals surface area contributed by atoms with Gasteiger partial charge >= 0.3 is 6.85 Å². The minimum Gasteiger partial charge on any atom is -0.339 e. The highest BCUT2D eigenvalue weighted by atomic mass is 35.5. The predicted molar refractivity (Wildman–Crippen MR) is 100.0 cm³/mol. The quantitative estimate of drug-likeness (QED) is 0.569. The maximum Gasteiger partial charge on any atom is 0.422 e. The zero-order valence-electron chi connectivity index (χ0n) is 12.3. The number of benzene rings is 1. The number of aromatic nitrogens is 2. The summed E-state index contributed by atoms with van der Waals surface area (Å²) in [5, 5.41) is 14.3. The van der Waals surface area contributed by atoms with Crippen molar-refractivity contribution in [3.63, 3.8) is 0 Å². The normalized spacial score (nSPS) is 13.2. The van der Waals surface area contributed by atoms with Crippen LogP contribution in [0.1, 0.15) is 5.56 Å².